The molecule has 0 aromatic heterocycles. The summed E-state index contributed by atoms with van der Waals surface area (Å²) >= 11 is 0. The number of hydrogen-bond donors (Lipinski definition) is 0. The molecule has 0 N–H and O–H groups in total. The van der Waals surface area contributed by atoms with Gasteiger partial charge in [0.2, 0.25) is 0 Å². The van der Waals surface area contributed by atoms with Crippen molar-refractivity contribution in [3.05, 3.63) is 0 Å². The quantitative estimate of drug-likeness (QED) is 0.614. The summed E-state index contributed by atoms with van der Waals surface area (Å²) < 4.78 is 11.3. The minimum Gasteiger partial charge on any atom is -0.347 e. The molecule has 2 nitrogen and oxygen atoms in total. The Bertz CT molecular complexity index is 126. The Hall–Kier alpha value is -0.0800. The van der Waals surface area contributed by atoms with Crippen LogP contribution in [-0.4, -0.2) is 18.5 Å². The molecule has 0 aliphatic carbocycles. The van der Waals surface area contributed by atoms with Crippen molar-refractivity contribution in [1.82, 2.24) is 0 Å². The maximum absolute atomic E-state index is 5.63. The molecule has 1 rings (SSSR count). The number of hydrogen-bond acceptors (Lipinski definition) is 2. The lowest BCUT2D eigenvalue weighted by Gasteiger charge is -2.08. The van der Waals surface area contributed by atoms with Crippen molar-refractivity contribution in [2.45, 2.75) is 71.4 Å². The highest BCUT2D eigenvalue weighted by molar-refractivity contribution is 4.69. The molecule has 13 heavy (non-hydrogen) atoms. The predicted molar refractivity (Wildman–Crippen MR) is 53.6 cm³/mol. The highest BCUT2D eigenvalue weighted by Crippen LogP contribution is 2.22. The third kappa shape index (κ3) is 3.65. The second-order valence-corrected chi connectivity index (χ2v) is 3.96. The summed E-state index contributed by atoms with van der Waals surface area (Å²) in [6, 6.07) is 0. The van der Waals surface area contributed by atoms with Gasteiger partial charge in [0.05, 0.1) is 12.2 Å². The monoisotopic (exact) mass is 186 g/mol. The van der Waals surface area contributed by atoms with Crippen LogP contribution in [0.3, 0.4) is 0 Å². The topological polar surface area (TPSA) is 18.5 Å². The highest BCUT2D eigenvalue weighted by Gasteiger charge is 2.28. The van der Waals surface area contributed by atoms with Crippen LogP contribution in [0.1, 0.15) is 52.9 Å². The van der Waals surface area contributed by atoms with Gasteiger partial charge in [-0.2, -0.15) is 0 Å². The third-order valence-electron chi connectivity index (χ3n) is 2.69. The molecular weight excluding hydrogens is 164 g/mol. The first-order valence-corrected chi connectivity index (χ1v) is 5.55. The molecule has 0 aromatic carbocycles. The highest BCUT2D eigenvalue weighted by atomic mass is 16.7. The van der Waals surface area contributed by atoms with E-state index in [-0.39, 0.29) is 18.5 Å². The minimum atomic E-state index is 0.0712. The lowest BCUT2D eigenvalue weighted by molar-refractivity contribution is -0.0681. The molecule has 0 aromatic rings. The molecule has 0 bridgehead atoms. The fourth-order valence-electron chi connectivity index (χ4n) is 1.61. The minimum absolute atomic E-state index is 0.0712. The molecule has 1 aliphatic heterocycles. The maximum atomic E-state index is 5.63. The first-order chi connectivity index (χ1) is 6.24. The van der Waals surface area contributed by atoms with E-state index in [0.717, 1.165) is 6.42 Å². The zero-order chi connectivity index (χ0) is 9.68. The van der Waals surface area contributed by atoms with Gasteiger partial charge in [-0.3, -0.25) is 0 Å². The van der Waals surface area contributed by atoms with E-state index >= 15 is 0 Å². The van der Waals surface area contributed by atoms with Crippen LogP contribution in [0.4, 0.5) is 0 Å². The summed E-state index contributed by atoms with van der Waals surface area (Å²) in [4.78, 5) is 0. The summed E-state index contributed by atoms with van der Waals surface area (Å²) in [6.45, 7) is 6.39. The summed E-state index contributed by atoms with van der Waals surface area (Å²) in [7, 11) is 0. The van der Waals surface area contributed by atoms with Gasteiger partial charge in [0.1, 0.15) is 0 Å². The Morgan fingerprint density at radius 3 is 2.08 bits per heavy atom. The van der Waals surface area contributed by atoms with Gasteiger partial charge in [0.25, 0.3) is 0 Å². The maximum Gasteiger partial charge on any atom is 0.158 e. The van der Waals surface area contributed by atoms with E-state index < -0.39 is 0 Å². The van der Waals surface area contributed by atoms with Crippen molar-refractivity contribution >= 4 is 0 Å². The number of ether oxygens (including phenoxy) is 2. The van der Waals surface area contributed by atoms with Crippen molar-refractivity contribution in [3.63, 3.8) is 0 Å². The normalized spacial score (nSPS) is 33.9. The van der Waals surface area contributed by atoms with E-state index in [4.69, 9.17) is 9.47 Å². The average Bonchev–Trinajstić information content (AvgIpc) is 2.41. The van der Waals surface area contributed by atoms with Crippen LogP contribution in [0, 0.1) is 0 Å². The molecule has 78 valence electrons. The van der Waals surface area contributed by atoms with Crippen molar-refractivity contribution in [2.24, 2.45) is 0 Å². The molecule has 0 amide bonds. The Morgan fingerprint density at radius 2 is 1.54 bits per heavy atom. The number of rotatable bonds is 5. The molecular formula is C11H22O2. The Labute approximate surface area is 81.6 Å². The van der Waals surface area contributed by atoms with Gasteiger partial charge in [0.15, 0.2) is 6.29 Å². The van der Waals surface area contributed by atoms with Gasteiger partial charge in [-0.05, 0) is 26.7 Å². The summed E-state index contributed by atoms with van der Waals surface area (Å²) in [5.74, 6) is 0. The molecule has 0 spiro atoms. The first kappa shape index (κ1) is 11.0. The van der Waals surface area contributed by atoms with E-state index in [2.05, 4.69) is 20.8 Å². The van der Waals surface area contributed by atoms with E-state index in [9.17, 15) is 0 Å². The Balaban J connectivity index is 2.03. The lowest BCUT2D eigenvalue weighted by atomic mass is 10.1. The van der Waals surface area contributed by atoms with Crippen LogP contribution in [-0.2, 0) is 9.47 Å². The van der Waals surface area contributed by atoms with Crippen LogP contribution < -0.4 is 0 Å². The second-order valence-electron chi connectivity index (χ2n) is 3.96. The largest absolute Gasteiger partial charge is 0.347 e. The molecule has 1 fully saturated rings. The predicted octanol–water partition coefficient (Wildman–Crippen LogP) is 3.11. The van der Waals surface area contributed by atoms with E-state index in [1.165, 1.54) is 25.7 Å². The standard InChI is InChI=1S/C11H22O2/c1-4-5-6-7-8-11-12-9(2)10(3)13-11/h9-11H,4-8H2,1-3H3/t9-,10+,11?. The van der Waals surface area contributed by atoms with Gasteiger partial charge in [0, 0.05) is 0 Å². The molecule has 1 saturated heterocycles. The van der Waals surface area contributed by atoms with Crippen LogP contribution in [0.15, 0.2) is 0 Å². The van der Waals surface area contributed by atoms with E-state index in [0.29, 0.717) is 0 Å². The lowest BCUT2D eigenvalue weighted by Crippen LogP contribution is -2.13. The van der Waals surface area contributed by atoms with Crippen molar-refractivity contribution in [1.29, 1.82) is 0 Å². The van der Waals surface area contributed by atoms with Gasteiger partial charge in [-0.1, -0.05) is 26.2 Å². The van der Waals surface area contributed by atoms with Crippen LogP contribution in [0.2, 0.25) is 0 Å². The molecule has 0 saturated carbocycles. The summed E-state index contributed by atoms with van der Waals surface area (Å²) in [5.41, 5.74) is 0. The molecule has 1 aliphatic rings. The fourth-order valence-corrected chi connectivity index (χ4v) is 1.61. The molecule has 0 radical (unpaired) electrons. The van der Waals surface area contributed by atoms with Gasteiger partial charge in [-0.15, -0.1) is 0 Å². The Kier molecular flexibility index (Phi) is 4.74. The van der Waals surface area contributed by atoms with Gasteiger partial charge >= 0.3 is 0 Å². The zero-order valence-electron chi connectivity index (χ0n) is 9.08. The van der Waals surface area contributed by atoms with Gasteiger partial charge < -0.3 is 9.47 Å². The third-order valence-corrected chi connectivity index (χ3v) is 2.69. The first-order valence-electron chi connectivity index (χ1n) is 5.55. The summed E-state index contributed by atoms with van der Waals surface area (Å²) in [6.07, 6.45) is 6.85. The van der Waals surface area contributed by atoms with Crippen LogP contribution >= 0.6 is 0 Å². The smallest absolute Gasteiger partial charge is 0.158 e. The van der Waals surface area contributed by atoms with Crippen molar-refractivity contribution in [3.8, 4) is 0 Å². The van der Waals surface area contributed by atoms with E-state index in [1.807, 2.05) is 0 Å². The molecule has 2 heteroatoms. The molecule has 1 unspecified atom stereocenters. The SMILES string of the molecule is CCCCCCC1O[C@@H](C)[C@@H](C)O1. The number of unbranched alkanes of at least 4 members (excludes halogenated alkanes) is 3. The second kappa shape index (κ2) is 5.61. The average molecular weight is 186 g/mol. The Morgan fingerprint density at radius 1 is 0.923 bits per heavy atom. The van der Waals surface area contributed by atoms with Gasteiger partial charge in [-0.25, -0.2) is 0 Å². The molecule has 1 heterocycles. The summed E-state index contributed by atoms with van der Waals surface area (Å²) in [5, 5.41) is 0. The van der Waals surface area contributed by atoms with E-state index in [1.54, 1.807) is 0 Å². The van der Waals surface area contributed by atoms with Crippen molar-refractivity contribution < 1.29 is 9.47 Å². The van der Waals surface area contributed by atoms with Crippen LogP contribution in [0.5, 0.6) is 0 Å². The zero-order valence-corrected chi connectivity index (χ0v) is 9.08. The molecule has 3 atom stereocenters. The van der Waals surface area contributed by atoms with Crippen molar-refractivity contribution in [2.75, 3.05) is 0 Å². The van der Waals surface area contributed by atoms with Crippen LogP contribution in [0.25, 0.3) is 0 Å². The fraction of sp³-hybridized carbons (Fsp3) is 1.00.